The summed E-state index contributed by atoms with van der Waals surface area (Å²) in [6.45, 7) is 5.73. The quantitative estimate of drug-likeness (QED) is 0.455. The zero-order valence-corrected chi connectivity index (χ0v) is 9.99. The van der Waals surface area contributed by atoms with Gasteiger partial charge in [-0.05, 0) is 45.6 Å². The molecule has 1 amide bonds. The van der Waals surface area contributed by atoms with Crippen molar-refractivity contribution in [2.24, 2.45) is 5.11 Å². The fourth-order valence-corrected chi connectivity index (χ4v) is 1.61. The number of carbonyl (C=O) groups excluding carboxylic acids is 1. The summed E-state index contributed by atoms with van der Waals surface area (Å²) in [4.78, 5) is 14.3. The highest BCUT2D eigenvalue weighted by Gasteiger charge is 2.38. The molecule has 1 fully saturated rings. The maximum Gasteiger partial charge on any atom is 0.408 e. The average molecular weight is 226 g/mol. The highest BCUT2D eigenvalue weighted by molar-refractivity contribution is 5.69. The fraction of sp³-hybridized carbons (Fsp3) is 0.900. The number of alkyl carbamates (subject to hydrolysis) is 1. The lowest BCUT2D eigenvalue weighted by Gasteiger charge is -2.41. The number of hydrogen-bond acceptors (Lipinski definition) is 3. The Bertz CT molecular complexity index is 311. The predicted octanol–water partition coefficient (Wildman–Crippen LogP) is 2.74. The minimum Gasteiger partial charge on any atom is -0.444 e. The third kappa shape index (κ3) is 3.62. The van der Waals surface area contributed by atoms with E-state index in [1.807, 2.05) is 20.8 Å². The Morgan fingerprint density at radius 2 is 2.19 bits per heavy atom. The van der Waals surface area contributed by atoms with Gasteiger partial charge in [0, 0.05) is 17.0 Å². The van der Waals surface area contributed by atoms with Crippen LogP contribution in [0.5, 0.6) is 0 Å². The van der Waals surface area contributed by atoms with Crippen LogP contribution in [0, 0.1) is 0 Å². The number of ether oxygens (including phenoxy) is 1. The molecule has 16 heavy (non-hydrogen) atoms. The van der Waals surface area contributed by atoms with Crippen molar-refractivity contribution in [2.75, 3.05) is 6.54 Å². The van der Waals surface area contributed by atoms with Crippen LogP contribution >= 0.6 is 0 Å². The van der Waals surface area contributed by atoms with Gasteiger partial charge in [0.05, 0.1) is 0 Å². The molecule has 0 radical (unpaired) electrons. The van der Waals surface area contributed by atoms with Crippen LogP contribution in [-0.2, 0) is 4.74 Å². The molecule has 0 saturated heterocycles. The Balaban J connectivity index is 2.50. The molecular formula is C10H18N4O2. The van der Waals surface area contributed by atoms with Gasteiger partial charge in [-0.15, -0.1) is 0 Å². The summed E-state index contributed by atoms with van der Waals surface area (Å²) in [5.74, 6) is 0. The lowest BCUT2D eigenvalue weighted by atomic mass is 9.77. The summed E-state index contributed by atoms with van der Waals surface area (Å²) in [6.07, 6.45) is 2.27. The number of nitrogens with one attached hydrogen (secondary N) is 1. The van der Waals surface area contributed by atoms with E-state index in [1.165, 1.54) is 0 Å². The van der Waals surface area contributed by atoms with E-state index in [0.29, 0.717) is 6.54 Å². The molecule has 1 N–H and O–H groups in total. The van der Waals surface area contributed by atoms with Crippen LogP contribution in [0.1, 0.15) is 40.0 Å². The predicted molar refractivity (Wildman–Crippen MR) is 60.0 cm³/mol. The van der Waals surface area contributed by atoms with Crippen molar-refractivity contribution in [1.82, 2.24) is 5.32 Å². The Kier molecular flexibility index (Phi) is 3.65. The molecule has 0 atom stereocenters. The van der Waals surface area contributed by atoms with E-state index in [1.54, 1.807) is 0 Å². The van der Waals surface area contributed by atoms with E-state index >= 15 is 0 Å². The molecule has 0 aliphatic heterocycles. The van der Waals surface area contributed by atoms with Crippen LogP contribution in [0.4, 0.5) is 4.79 Å². The molecule has 1 rings (SSSR count). The Labute approximate surface area is 95.0 Å². The van der Waals surface area contributed by atoms with Crippen LogP contribution in [-0.4, -0.2) is 23.8 Å². The first-order chi connectivity index (χ1) is 7.37. The maximum absolute atomic E-state index is 11.6. The first kappa shape index (κ1) is 12.6. The summed E-state index contributed by atoms with van der Waals surface area (Å²) >= 11 is 0. The van der Waals surface area contributed by atoms with E-state index in [2.05, 4.69) is 15.3 Å². The van der Waals surface area contributed by atoms with Crippen molar-refractivity contribution in [3.63, 3.8) is 0 Å². The molecule has 6 heteroatoms. The number of azide groups is 1. The lowest BCUT2D eigenvalue weighted by molar-refractivity contribution is 0.0393. The van der Waals surface area contributed by atoms with Gasteiger partial charge in [0.2, 0.25) is 0 Å². The van der Waals surface area contributed by atoms with Gasteiger partial charge in [0.25, 0.3) is 0 Å². The summed E-state index contributed by atoms with van der Waals surface area (Å²) in [6, 6.07) is 0. The van der Waals surface area contributed by atoms with E-state index in [0.717, 1.165) is 19.3 Å². The van der Waals surface area contributed by atoms with E-state index in [4.69, 9.17) is 10.3 Å². The lowest BCUT2D eigenvalue weighted by Crippen LogP contribution is -2.56. The van der Waals surface area contributed by atoms with Crippen LogP contribution in [0.2, 0.25) is 0 Å². The topological polar surface area (TPSA) is 87.1 Å². The van der Waals surface area contributed by atoms with Gasteiger partial charge >= 0.3 is 6.09 Å². The fourth-order valence-electron chi connectivity index (χ4n) is 1.61. The van der Waals surface area contributed by atoms with Crippen molar-refractivity contribution in [1.29, 1.82) is 0 Å². The van der Waals surface area contributed by atoms with Crippen LogP contribution < -0.4 is 5.32 Å². The van der Waals surface area contributed by atoms with Gasteiger partial charge in [-0.1, -0.05) is 5.11 Å². The van der Waals surface area contributed by atoms with Gasteiger partial charge in [-0.2, -0.15) is 0 Å². The zero-order chi connectivity index (χ0) is 12.2. The van der Waals surface area contributed by atoms with Gasteiger partial charge in [-0.3, -0.25) is 0 Å². The van der Waals surface area contributed by atoms with Crippen LogP contribution in [0.3, 0.4) is 0 Å². The summed E-state index contributed by atoms with van der Waals surface area (Å²) in [5, 5.41) is 6.32. The maximum atomic E-state index is 11.6. The van der Waals surface area contributed by atoms with Crippen molar-refractivity contribution < 1.29 is 9.53 Å². The largest absolute Gasteiger partial charge is 0.444 e. The molecule has 0 spiro atoms. The third-order valence-corrected chi connectivity index (χ3v) is 2.51. The molecule has 1 aliphatic rings. The summed E-state index contributed by atoms with van der Waals surface area (Å²) in [7, 11) is 0. The molecule has 0 aromatic heterocycles. The first-order valence-electron chi connectivity index (χ1n) is 5.39. The molecule has 0 heterocycles. The second-order valence-corrected chi connectivity index (χ2v) is 5.15. The van der Waals surface area contributed by atoms with Gasteiger partial charge in [0.15, 0.2) is 0 Å². The van der Waals surface area contributed by atoms with Crippen molar-refractivity contribution in [3.8, 4) is 0 Å². The average Bonchev–Trinajstić information content (AvgIpc) is 2.06. The molecule has 90 valence electrons. The number of nitrogens with zero attached hydrogens (tertiary/aromatic N) is 3. The van der Waals surface area contributed by atoms with Crippen molar-refractivity contribution in [2.45, 2.75) is 51.2 Å². The van der Waals surface area contributed by atoms with Crippen molar-refractivity contribution >= 4 is 6.09 Å². The molecular weight excluding hydrogens is 208 g/mol. The molecule has 0 aromatic rings. The normalized spacial score (nSPS) is 17.9. The molecule has 0 aromatic carbocycles. The number of carbonyl (C=O) groups is 1. The minimum absolute atomic E-state index is 0.294. The molecule has 0 bridgehead atoms. The Morgan fingerprint density at radius 1 is 1.56 bits per heavy atom. The molecule has 1 aliphatic carbocycles. The number of amides is 1. The standard InChI is InChI=1S/C10H18N4O2/c1-9(2,3)16-8(15)13-10(5-4-6-10)7-12-14-11/h4-7H2,1-3H3,(H,13,15). The van der Waals surface area contributed by atoms with E-state index in [9.17, 15) is 4.79 Å². The molecule has 1 saturated carbocycles. The first-order valence-corrected chi connectivity index (χ1v) is 5.39. The SMILES string of the molecule is CC(C)(C)OC(=O)NC1(CN=[N+]=[N-])CCC1. The number of rotatable bonds is 3. The Hall–Kier alpha value is -1.42. The van der Waals surface area contributed by atoms with Gasteiger partial charge in [-0.25, -0.2) is 4.79 Å². The van der Waals surface area contributed by atoms with E-state index < -0.39 is 11.7 Å². The smallest absolute Gasteiger partial charge is 0.408 e. The second kappa shape index (κ2) is 4.61. The Morgan fingerprint density at radius 3 is 2.56 bits per heavy atom. The second-order valence-electron chi connectivity index (χ2n) is 5.15. The van der Waals surface area contributed by atoms with E-state index in [-0.39, 0.29) is 5.54 Å². The van der Waals surface area contributed by atoms with Crippen molar-refractivity contribution in [3.05, 3.63) is 10.4 Å². The summed E-state index contributed by atoms with van der Waals surface area (Å²) in [5.41, 5.74) is 7.40. The van der Waals surface area contributed by atoms with Gasteiger partial charge < -0.3 is 10.1 Å². The third-order valence-electron chi connectivity index (χ3n) is 2.51. The highest BCUT2D eigenvalue weighted by atomic mass is 16.6. The van der Waals surface area contributed by atoms with Crippen LogP contribution in [0.25, 0.3) is 10.4 Å². The van der Waals surface area contributed by atoms with Gasteiger partial charge in [0.1, 0.15) is 5.60 Å². The molecule has 0 unspecified atom stereocenters. The van der Waals surface area contributed by atoms with Crippen LogP contribution in [0.15, 0.2) is 5.11 Å². The monoisotopic (exact) mass is 226 g/mol. The molecule has 6 nitrogen and oxygen atoms in total. The minimum atomic E-state index is -0.506. The highest BCUT2D eigenvalue weighted by Crippen LogP contribution is 2.32. The summed E-state index contributed by atoms with van der Waals surface area (Å²) < 4.78 is 5.16. The zero-order valence-electron chi connectivity index (χ0n) is 9.99. The number of hydrogen-bond donors (Lipinski definition) is 1.